The van der Waals surface area contributed by atoms with Gasteiger partial charge in [0.1, 0.15) is 5.82 Å². The molecule has 1 N–H and O–H groups in total. The average Bonchev–Trinajstić information content (AvgIpc) is 2.66. The third kappa shape index (κ3) is 4.61. The summed E-state index contributed by atoms with van der Waals surface area (Å²) in [6.45, 7) is 5.34. The first-order valence-electron chi connectivity index (χ1n) is 8.66. The standard InChI is InChI=1S/C20H22ClFN2O2/c1-14-2-4-15(5-3-14)19(24-8-10-26-11-9-24)13-23-20(25)17-12-16(21)6-7-18(17)22/h2-7,12,19H,8-11,13H2,1H3,(H,23,25). The first kappa shape index (κ1) is 18.8. The van der Waals surface area contributed by atoms with Crippen LogP contribution in [-0.2, 0) is 4.74 Å². The van der Waals surface area contributed by atoms with Crippen molar-refractivity contribution in [2.45, 2.75) is 13.0 Å². The van der Waals surface area contributed by atoms with Gasteiger partial charge in [-0.3, -0.25) is 9.69 Å². The van der Waals surface area contributed by atoms with Crippen LogP contribution in [0.3, 0.4) is 0 Å². The Kier molecular flexibility index (Phi) is 6.25. The highest BCUT2D eigenvalue weighted by Gasteiger charge is 2.24. The van der Waals surface area contributed by atoms with Gasteiger partial charge < -0.3 is 10.1 Å². The summed E-state index contributed by atoms with van der Waals surface area (Å²) in [5, 5.41) is 3.19. The molecule has 1 aliphatic rings. The molecule has 0 radical (unpaired) electrons. The van der Waals surface area contributed by atoms with E-state index in [1.165, 1.54) is 23.8 Å². The van der Waals surface area contributed by atoms with E-state index < -0.39 is 11.7 Å². The second kappa shape index (κ2) is 8.62. The van der Waals surface area contributed by atoms with Crippen LogP contribution in [0.1, 0.15) is 27.5 Å². The van der Waals surface area contributed by atoms with E-state index in [9.17, 15) is 9.18 Å². The Morgan fingerprint density at radius 1 is 1.23 bits per heavy atom. The summed E-state index contributed by atoms with van der Waals surface area (Å²) in [6, 6.07) is 12.2. The van der Waals surface area contributed by atoms with Gasteiger partial charge in [-0.25, -0.2) is 4.39 Å². The number of nitrogens with one attached hydrogen (secondary N) is 1. The first-order valence-corrected chi connectivity index (χ1v) is 9.04. The van der Waals surface area contributed by atoms with E-state index in [0.717, 1.165) is 18.7 Å². The molecule has 26 heavy (non-hydrogen) atoms. The van der Waals surface area contributed by atoms with Gasteiger partial charge in [0.2, 0.25) is 0 Å². The molecule has 1 amide bonds. The fourth-order valence-corrected chi connectivity index (χ4v) is 3.26. The van der Waals surface area contributed by atoms with Crippen LogP contribution in [0.5, 0.6) is 0 Å². The number of hydrogen-bond donors (Lipinski definition) is 1. The number of carbonyl (C=O) groups is 1. The fourth-order valence-electron chi connectivity index (χ4n) is 3.09. The van der Waals surface area contributed by atoms with Crippen molar-refractivity contribution in [1.29, 1.82) is 0 Å². The van der Waals surface area contributed by atoms with Crippen molar-refractivity contribution >= 4 is 17.5 Å². The van der Waals surface area contributed by atoms with Gasteiger partial charge in [0, 0.05) is 24.7 Å². The van der Waals surface area contributed by atoms with Gasteiger partial charge in [-0.2, -0.15) is 0 Å². The van der Waals surface area contributed by atoms with Crippen molar-refractivity contribution in [2.75, 3.05) is 32.8 Å². The maximum Gasteiger partial charge on any atom is 0.254 e. The lowest BCUT2D eigenvalue weighted by Crippen LogP contribution is -2.43. The molecular weight excluding hydrogens is 355 g/mol. The van der Waals surface area contributed by atoms with E-state index in [2.05, 4.69) is 34.5 Å². The zero-order valence-corrected chi connectivity index (χ0v) is 15.4. The molecule has 1 fully saturated rings. The molecule has 138 valence electrons. The van der Waals surface area contributed by atoms with Gasteiger partial charge in [-0.05, 0) is 30.7 Å². The second-order valence-electron chi connectivity index (χ2n) is 6.41. The minimum atomic E-state index is -0.579. The smallest absolute Gasteiger partial charge is 0.254 e. The number of ether oxygens (including phenoxy) is 1. The van der Waals surface area contributed by atoms with Gasteiger partial charge >= 0.3 is 0 Å². The van der Waals surface area contributed by atoms with Crippen molar-refractivity contribution in [3.05, 3.63) is 70.0 Å². The number of rotatable bonds is 5. The van der Waals surface area contributed by atoms with Gasteiger partial charge in [-0.15, -0.1) is 0 Å². The number of amides is 1. The van der Waals surface area contributed by atoms with Crippen LogP contribution < -0.4 is 5.32 Å². The van der Waals surface area contributed by atoms with Crippen molar-refractivity contribution in [2.24, 2.45) is 0 Å². The molecule has 1 aliphatic heterocycles. The molecule has 0 spiro atoms. The van der Waals surface area contributed by atoms with Crippen molar-refractivity contribution in [3.63, 3.8) is 0 Å². The van der Waals surface area contributed by atoms with Crippen LogP contribution in [0.15, 0.2) is 42.5 Å². The maximum atomic E-state index is 13.9. The summed E-state index contributed by atoms with van der Waals surface area (Å²) in [7, 11) is 0. The van der Waals surface area contributed by atoms with Crippen molar-refractivity contribution in [3.8, 4) is 0 Å². The lowest BCUT2D eigenvalue weighted by Gasteiger charge is -2.35. The lowest BCUT2D eigenvalue weighted by atomic mass is 10.0. The van der Waals surface area contributed by atoms with Gasteiger partial charge in [0.05, 0.1) is 24.8 Å². The minimum Gasteiger partial charge on any atom is -0.379 e. The number of nitrogens with zero attached hydrogens (tertiary/aromatic N) is 1. The Labute approximate surface area is 157 Å². The van der Waals surface area contributed by atoms with Gasteiger partial charge in [0.25, 0.3) is 5.91 Å². The highest BCUT2D eigenvalue weighted by atomic mass is 35.5. The molecule has 0 bridgehead atoms. The van der Waals surface area contributed by atoms with Crippen molar-refractivity contribution in [1.82, 2.24) is 10.2 Å². The fraction of sp³-hybridized carbons (Fsp3) is 0.350. The van der Waals surface area contributed by atoms with E-state index in [1.807, 2.05) is 6.92 Å². The number of carbonyl (C=O) groups excluding carboxylic acids is 1. The zero-order valence-electron chi connectivity index (χ0n) is 14.7. The molecule has 0 saturated carbocycles. The maximum absolute atomic E-state index is 13.9. The summed E-state index contributed by atoms with van der Waals surface area (Å²) >= 11 is 5.89. The molecule has 1 saturated heterocycles. The van der Waals surface area contributed by atoms with E-state index in [-0.39, 0.29) is 11.6 Å². The molecule has 6 heteroatoms. The number of morpholine rings is 1. The van der Waals surface area contributed by atoms with Gasteiger partial charge in [-0.1, -0.05) is 41.4 Å². The molecule has 1 atom stereocenters. The summed E-state index contributed by atoms with van der Waals surface area (Å²) in [4.78, 5) is 14.7. The first-order chi connectivity index (χ1) is 12.5. The summed E-state index contributed by atoms with van der Waals surface area (Å²) in [5.74, 6) is -1.04. The number of aryl methyl sites for hydroxylation is 1. The predicted octanol–water partition coefficient (Wildman–Crippen LogP) is 3.59. The summed E-state index contributed by atoms with van der Waals surface area (Å²) in [6.07, 6.45) is 0. The molecule has 1 heterocycles. The van der Waals surface area contributed by atoms with E-state index in [4.69, 9.17) is 16.3 Å². The molecular formula is C20H22ClFN2O2. The highest BCUT2D eigenvalue weighted by molar-refractivity contribution is 6.31. The topological polar surface area (TPSA) is 41.6 Å². The number of hydrogen-bond acceptors (Lipinski definition) is 3. The predicted molar refractivity (Wildman–Crippen MR) is 100 cm³/mol. The summed E-state index contributed by atoms with van der Waals surface area (Å²) in [5.41, 5.74) is 2.26. The zero-order chi connectivity index (χ0) is 18.5. The van der Waals surface area contributed by atoms with E-state index in [0.29, 0.717) is 24.8 Å². The Morgan fingerprint density at radius 3 is 2.62 bits per heavy atom. The third-order valence-corrected chi connectivity index (χ3v) is 4.81. The van der Waals surface area contributed by atoms with E-state index in [1.54, 1.807) is 0 Å². The highest BCUT2D eigenvalue weighted by Crippen LogP contribution is 2.22. The van der Waals surface area contributed by atoms with Crippen LogP contribution >= 0.6 is 11.6 Å². The summed E-state index contributed by atoms with van der Waals surface area (Å²) < 4.78 is 19.4. The minimum absolute atomic E-state index is 0.00527. The third-order valence-electron chi connectivity index (χ3n) is 4.58. The van der Waals surface area contributed by atoms with Gasteiger partial charge in [0.15, 0.2) is 0 Å². The number of benzene rings is 2. The van der Waals surface area contributed by atoms with Crippen LogP contribution in [0, 0.1) is 12.7 Å². The molecule has 4 nitrogen and oxygen atoms in total. The second-order valence-corrected chi connectivity index (χ2v) is 6.85. The van der Waals surface area contributed by atoms with E-state index >= 15 is 0 Å². The lowest BCUT2D eigenvalue weighted by molar-refractivity contribution is 0.0162. The monoisotopic (exact) mass is 376 g/mol. The number of halogens is 2. The Morgan fingerprint density at radius 2 is 1.92 bits per heavy atom. The van der Waals surface area contributed by atoms with Crippen molar-refractivity contribution < 1.29 is 13.9 Å². The van der Waals surface area contributed by atoms with Crippen LogP contribution in [0.4, 0.5) is 4.39 Å². The largest absolute Gasteiger partial charge is 0.379 e. The Bertz CT molecular complexity index is 761. The van der Waals surface area contributed by atoms with Crippen LogP contribution in [0.2, 0.25) is 5.02 Å². The SMILES string of the molecule is Cc1ccc(C(CNC(=O)c2cc(Cl)ccc2F)N2CCOCC2)cc1. The van der Waals surface area contributed by atoms with Crippen LogP contribution in [0.25, 0.3) is 0 Å². The molecule has 2 aromatic rings. The Hall–Kier alpha value is -1.95. The average molecular weight is 377 g/mol. The molecule has 0 aromatic heterocycles. The molecule has 3 rings (SSSR count). The quantitative estimate of drug-likeness (QED) is 0.867. The Balaban J connectivity index is 1.75. The van der Waals surface area contributed by atoms with Crippen LogP contribution in [-0.4, -0.2) is 43.7 Å². The molecule has 1 unspecified atom stereocenters. The normalized spacial score (nSPS) is 16.3. The molecule has 0 aliphatic carbocycles. The molecule has 2 aromatic carbocycles.